The van der Waals surface area contributed by atoms with Gasteiger partial charge in [0.2, 0.25) is 0 Å². The minimum atomic E-state index is -0.203. The van der Waals surface area contributed by atoms with Crippen LogP contribution >= 0.6 is 0 Å². The standard InChI is InChI=1S/C10H18O2/c1-10(2,3)12-11-9-7-5-4-6-8-9/h5,7,9H,4,6,8H2,1-3H3. The lowest BCUT2D eigenvalue weighted by Crippen LogP contribution is -2.24. The highest BCUT2D eigenvalue weighted by Gasteiger charge is 2.16. The van der Waals surface area contributed by atoms with Gasteiger partial charge in [-0.1, -0.05) is 12.2 Å². The molecule has 0 aliphatic heterocycles. The summed E-state index contributed by atoms with van der Waals surface area (Å²) in [7, 11) is 0. The van der Waals surface area contributed by atoms with Gasteiger partial charge in [0.15, 0.2) is 0 Å². The summed E-state index contributed by atoms with van der Waals surface area (Å²) < 4.78 is 0. The van der Waals surface area contributed by atoms with Gasteiger partial charge in [0.05, 0.1) is 5.60 Å². The van der Waals surface area contributed by atoms with Crippen molar-refractivity contribution in [3.05, 3.63) is 12.2 Å². The Balaban J connectivity index is 2.22. The molecule has 2 nitrogen and oxygen atoms in total. The predicted octanol–water partition coefficient (Wildman–Crippen LogP) is 2.84. The maximum Gasteiger partial charge on any atom is 0.111 e. The maximum absolute atomic E-state index is 5.26. The van der Waals surface area contributed by atoms with Crippen molar-refractivity contribution in [2.45, 2.75) is 51.7 Å². The monoisotopic (exact) mass is 170 g/mol. The topological polar surface area (TPSA) is 18.5 Å². The van der Waals surface area contributed by atoms with Gasteiger partial charge in [-0.3, -0.25) is 0 Å². The van der Waals surface area contributed by atoms with Crippen LogP contribution in [0.4, 0.5) is 0 Å². The SMILES string of the molecule is CC(C)(C)OOC1C=CCCC1. The average Bonchev–Trinajstić information content (AvgIpc) is 2.02. The zero-order valence-electron chi connectivity index (χ0n) is 8.17. The van der Waals surface area contributed by atoms with Crippen molar-refractivity contribution in [1.29, 1.82) is 0 Å². The molecule has 0 spiro atoms. The van der Waals surface area contributed by atoms with Gasteiger partial charge < -0.3 is 0 Å². The van der Waals surface area contributed by atoms with Crippen molar-refractivity contribution in [3.8, 4) is 0 Å². The molecule has 1 aliphatic carbocycles. The van der Waals surface area contributed by atoms with Crippen molar-refractivity contribution in [2.75, 3.05) is 0 Å². The highest BCUT2D eigenvalue weighted by atomic mass is 17.2. The van der Waals surface area contributed by atoms with Crippen molar-refractivity contribution < 1.29 is 9.78 Å². The van der Waals surface area contributed by atoms with E-state index in [1.54, 1.807) is 0 Å². The van der Waals surface area contributed by atoms with E-state index in [0.717, 1.165) is 6.42 Å². The molecule has 0 bridgehead atoms. The molecule has 0 amide bonds. The number of allylic oxidation sites excluding steroid dienone is 1. The summed E-state index contributed by atoms with van der Waals surface area (Å²) in [5.74, 6) is 0. The van der Waals surface area contributed by atoms with Gasteiger partial charge >= 0.3 is 0 Å². The molecular formula is C10H18O2. The van der Waals surface area contributed by atoms with Crippen LogP contribution in [0.3, 0.4) is 0 Å². The lowest BCUT2D eigenvalue weighted by molar-refractivity contribution is -0.365. The van der Waals surface area contributed by atoms with E-state index in [1.807, 2.05) is 20.8 Å². The fourth-order valence-corrected chi connectivity index (χ4v) is 1.07. The fourth-order valence-electron chi connectivity index (χ4n) is 1.07. The molecule has 0 N–H and O–H groups in total. The zero-order chi connectivity index (χ0) is 9.03. The van der Waals surface area contributed by atoms with Gasteiger partial charge in [-0.25, -0.2) is 9.78 Å². The third-order valence-corrected chi connectivity index (χ3v) is 1.63. The second-order valence-electron chi connectivity index (χ2n) is 4.19. The maximum atomic E-state index is 5.26. The van der Waals surface area contributed by atoms with E-state index in [-0.39, 0.29) is 11.7 Å². The summed E-state index contributed by atoms with van der Waals surface area (Å²) in [4.78, 5) is 10.5. The van der Waals surface area contributed by atoms with Crippen LogP contribution in [-0.2, 0) is 9.78 Å². The van der Waals surface area contributed by atoms with E-state index in [2.05, 4.69) is 12.2 Å². The van der Waals surface area contributed by atoms with Gasteiger partial charge in [-0.05, 0) is 40.0 Å². The first kappa shape index (κ1) is 9.75. The second-order valence-corrected chi connectivity index (χ2v) is 4.19. The molecule has 2 heteroatoms. The van der Waals surface area contributed by atoms with Crippen LogP contribution in [-0.4, -0.2) is 11.7 Å². The molecule has 1 aliphatic rings. The largest absolute Gasteiger partial charge is 0.230 e. The van der Waals surface area contributed by atoms with E-state index in [1.165, 1.54) is 12.8 Å². The molecule has 1 unspecified atom stereocenters. The molecule has 0 radical (unpaired) electrons. The van der Waals surface area contributed by atoms with Crippen molar-refractivity contribution in [2.24, 2.45) is 0 Å². The van der Waals surface area contributed by atoms with E-state index >= 15 is 0 Å². The van der Waals surface area contributed by atoms with Crippen LogP contribution in [0.15, 0.2) is 12.2 Å². The van der Waals surface area contributed by atoms with Crippen LogP contribution in [0.5, 0.6) is 0 Å². The molecular weight excluding hydrogens is 152 g/mol. The Morgan fingerprint density at radius 2 is 2.08 bits per heavy atom. The molecule has 0 heterocycles. The Labute approximate surface area is 74.5 Å². The molecule has 0 saturated heterocycles. The molecule has 70 valence electrons. The van der Waals surface area contributed by atoms with Crippen molar-refractivity contribution in [1.82, 2.24) is 0 Å². The number of hydrogen-bond acceptors (Lipinski definition) is 2. The minimum Gasteiger partial charge on any atom is -0.230 e. The minimum absolute atomic E-state index is 0.165. The molecule has 0 aromatic rings. The molecule has 0 saturated carbocycles. The summed E-state index contributed by atoms with van der Waals surface area (Å²) in [6.45, 7) is 5.96. The van der Waals surface area contributed by atoms with Crippen LogP contribution in [0, 0.1) is 0 Å². The molecule has 0 aromatic carbocycles. The Kier molecular flexibility index (Phi) is 3.29. The van der Waals surface area contributed by atoms with Gasteiger partial charge in [-0.15, -0.1) is 0 Å². The quantitative estimate of drug-likeness (QED) is 0.360. The third kappa shape index (κ3) is 3.88. The van der Waals surface area contributed by atoms with Gasteiger partial charge in [0, 0.05) is 0 Å². The first-order valence-corrected chi connectivity index (χ1v) is 4.59. The fraction of sp³-hybridized carbons (Fsp3) is 0.800. The summed E-state index contributed by atoms with van der Waals surface area (Å²) in [6.07, 6.45) is 7.85. The van der Waals surface area contributed by atoms with Crippen LogP contribution in [0.1, 0.15) is 40.0 Å². The lowest BCUT2D eigenvalue weighted by Gasteiger charge is -2.22. The van der Waals surface area contributed by atoms with E-state index < -0.39 is 0 Å². The second kappa shape index (κ2) is 4.06. The smallest absolute Gasteiger partial charge is 0.111 e. The molecule has 1 atom stereocenters. The first-order chi connectivity index (χ1) is 5.58. The Hall–Kier alpha value is -0.340. The highest BCUT2D eigenvalue weighted by molar-refractivity contribution is 4.93. The van der Waals surface area contributed by atoms with Crippen LogP contribution in [0.2, 0.25) is 0 Å². The molecule has 0 aromatic heterocycles. The summed E-state index contributed by atoms with van der Waals surface area (Å²) in [5.41, 5.74) is -0.203. The summed E-state index contributed by atoms with van der Waals surface area (Å²) in [6, 6.07) is 0. The normalized spacial score (nSPS) is 24.4. The number of rotatable bonds is 2. The molecule has 0 fully saturated rings. The van der Waals surface area contributed by atoms with E-state index in [4.69, 9.17) is 9.78 Å². The summed E-state index contributed by atoms with van der Waals surface area (Å²) in [5, 5.41) is 0. The lowest BCUT2D eigenvalue weighted by atomic mass is 10.1. The van der Waals surface area contributed by atoms with Crippen molar-refractivity contribution >= 4 is 0 Å². The average molecular weight is 170 g/mol. The zero-order valence-corrected chi connectivity index (χ0v) is 8.17. The van der Waals surface area contributed by atoms with E-state index in [0.29, 0.717) is 0 Å². The van der Waals surface area contributed by atoms with Gasteiger partial charge in [0.1, 0.15) is 6.10 Å². The van der Waals surface area contributed by atoms with Crippen LogP contribution in [0.25, 0.3) is 0 Å². The Morgan fingerprint density at radius 3 is 2.58 bits per heavy atom. The van der Waals surface area contributed by atoms with Crippen LogP contribution < -0.4 is 0 Å². The third-order valence-electron chi connectivity index (χ3n) is 1.63. The summed E-state index contributed by atoms with van der Waals surface area (Å²) >= 11 is 0. The van der Waals surface area contributed by atoms with Crippen molar-refractivity contribution in [3.63, 3.8) is 0 Å². The Morgan fingerprint density at radius 1 is 1.33 bits per heavy atom. The molecule has 1 rings (SSSR count). The first-order valence-electron chi connectivity index (χ1n) is 4.59. The van der Waals surface area contributed by atoms with Gasteiger partial charge in [0.25, 0.3) is 0 Å². The number of hydrogen-bond donors (Lipinski definition) is 0. The Bertz CT molecular complexity index is 156. The molecule has 12 heavy (non-hydrogen) atoms. The highest BCUT2D eigenvalue weighted by Crippen LogP contribution is 2.16. The predicted molar refractivity (Wildman–Crippen MR) is 48.7 cm³/mol. The van der Waals surface area contributed by atoms with Gasteiger partial charge in [-0.2, -0.15) is 0 Å². The van der Waals surface area contributed by atoms with E-state index in [9.17, 15) is 0 Å².